The number of rotatable bonds is 14. The van der Waals surface area contributed by atoms with Gasteiger partial charge in [-0.25, -0.2) is 4.79 Å². The number of hydrogen-bond acceptors (Lipinski definition) is 11. The minimum absolute atomic E-state index is 0.0440. The first-order valence-electron chi connectivity index (χ1n) is 11.9. The second kappa shape index (κ2) is 14.5. The lowest BCUT2D eigenvalue weighted by molar-refractivity contribution is -0.167. The van der Waals surface area contributed by atoms with Crippen LogP contribution in [0.4, 0.5) is 17.6 Å². The maximum absolute atomic E-state index is 14.3. The summed E-state index contributed by atoms with van der Waals surface area (Å²) in [5.74, 6) is -6.64. The van der Waals surface area contributed by atoms with E-state index in [4.69, 9.17) is 14.2 Å². The second-order valence-electron chi connectivity index (χ2n) is 8.54. The molecule has 224 valence electrons. The Bertz CT molecular complexity index is 1370. The summed E-state index contributed by atoms with van der Waals surface area (Å²) in [7, 11) is -5.10. The zero-order chi connectivity index (χ0) is 30.8. The van der Waals surface area contributed by atoms with Gasteiger partial charge in [0.05, 0.1) is 30.8 Å². The van der Waals surface area contributed by atoms with Crippen LogP contribution in [0.1, 0.15) is 42.6 Å². The summed E-state index contributed by atoms with van der Waals surface area (Å²) >= 11 is 0.626. The number of carbonyl (C=O) groups is 2. The number of alkyl halides is 4. The SMILES string of the molecule is COC(=O)c1ccccc1/C(C#N)=C1/C=CC(=NOS(=O)(=O)C(F)(F)C(F)(F)CCCOCCOC(=O)C(C)C)S1. The van der Waals surface area contributed by atoms with Gasteiger partial charge in [0, 0.05) is 23.5 Å². The normalized spacial score (nSPS) is 16.0. The lowest BCUT2D eigenvalue weighted by Gasteiger charge is -2.24. The van der Waals surface area contributed by atoms with Crippen LogP contribution in [0, 0.1) is 17.2 Å². The monoisotopic (exact) mass is 622 g/mol. The summed E-state index contributed by atoms with van der Waals surface area (Å²) in [6.45, 7) is 2.45. The molecule has 0 aliphatic carbocycles. The van der Waals surface area contributed by atoms with Gasteiger partial charge in [-0.1, -0.05) is 49.0 Å². The topological polar surface area (TPSA) is 141 Å². The number of allylic oxidation sites excluding steroid dienone is 2. The van der Waals surface area contributed by atoms with Crippen LogP contribution in [0.3, 0.4) is 0 Å². The molecule has 0 bridgehead atoms. The summed E-state index contributed by atoms with van der Waals surface area (Å²) in [5, 5.41) is 6.73. The van der Waals surface area contributed by atoms with Crippen molar-refractivity contribution in [1.29, 1.82) is 5.26 Å². The molecular formula is C25H26F4N2O8S2. The van der Waals surface area contributed by atoms with Crippen LogP contribution in [0.2, 0.25) is 0 Å². The van der Waals surface area contributed by atoms with Crippen molar-refractivity contribution in [2.75, 3.05) is 26.9 Å². The number of halogens is 4. The predicted molar refractivity (Wildman–Crippen MR) is 140 cm³/mol. The highest BCUT2D eigenvalue weighted by molar-refractivity contribution is 8.18. The molecule has 0 fully saturated rings. The molecule has 0 amide bonds. The van der Waals surface area contributed by atoms with Gasteiger partial charge in [-0.15, -0.1) is 0 Å². The van der Waals surface area contributed by atoms with Gasteiger partial charge in [-0.05, 0) is 24.6 Å². The van der Waals surface area contributed by atoms with Crippen molar-refractivity contribution in [3.63, 3.8) is 0 Å². The van der Waals surface area contributed by atoms with Crippen molar-refractivity contribution < 1.29 is 54.1 Å². The molecule has 16 heteroatoms. The van der Waals surface area contributed by atoms with Gasteiger partial charge in [-0.3, -0.25) is 9.08 Å². The molecule has 0 saturated heterocycles. The average molecular weight is 623 g/mol. The number of oxime groups is 1. The number of thioether (sulfide) groups is 1. The van der Waals surface area contributed by atoms with Crippen LogP contribution < -0.4 is 0 Å². The van der Waals surface area contributed by atoms with E-state index in [1.165, 1.54) is 24.3 Å². The van der Waals surface area contributed by atoms with E-state index < -0.39 is 52.7 Å². The van der Waals surface area contributed by atoms with E-state index in [-0.39, 0.29) is 45.8 Å². The fourth-order valence-electron chi connectivity index (χ4n) is 3.08. The molecule has 0 spiro atoms. The molecule has 1 aliphatic heterocycles. The van der Waals surface area contributed by atoms with E-state index in [1.54, 1.807) is 19.9 Å². The first-order chi connectivity index (χ1) is 19.2. The van der Waals surface area contributed by atoms with Crippen molar-refractivity contribution in [2.24, 2.45) is 11.1 Å². The van der Waals surface area contributed by atoms with Crippen LogP contribution in [0.15, 0.2) is 46.5 Å². The van der Waals surface area contributed by atoms with Gasteiger partial charge < -0.3 is 14.2 Å². The largest absolute Gasteiger partial charge is 0.465 e. The number of methoxy groups -OCH3 is 1. The smallest absolute Gasteiger partial charge is 0.444 e. The van der Waals surface area contributed by atoms with Crippen LogP contribution in [0.25, 0.3) is 5.57 Å². The zero-order valence-corrected chi connectivity index (χ0v) is 23.7. The van der Waals surface area contributed by atoms with Crippen LogP contribution in [0.5, 0.6) is 0 Å². The first-order valence-corrected chi connectivity index (χ1v) is 14.1. The number of nitrogens with zero attached hydrogens (tertiary/aromatic N) is 2. The Kier molecular flexibility index (Phi) is 11.9. The number of benzene rings is 1. The molecule has 2 rings (SSSR count). The van der Waals surface area contributed by atoms with Crippen LogP contribution in [-0.4, -0.2) is 63.5 Å². The summed E-state index contributed by atoms with van der Waals surface area (Å²) in [6, 6.07) is 7.85. The lowest BCUT2D eigenvalue weighted by atomic mass is 10.00. The first kappa shape index (κ1) is 33.8. The summed E-state index contributed by atoms with van der Waals surface area (Å²) in [4.78, 5) is 23.5. The van der Waals surface area contributed by atoms with Gasteiger partial charge >= 0.3 is 33.2 Å². The maximum atomic E-state index is 14.3. The molecule has 0 saturated carbocycles. The Labute approximate surface area is 238 Å². The van der Waals surface area contributed by atoms with Crippen molar-refractivity contribution in [3.8, 4) is 6.07 Å². The minimum atomic E-state index is -6.25. The van der Waals surface area contributed by atoms with Crippen LogP contribution >= 0.6 is 11.8 Å². The molecule has 0 atom stereocenters. The number of ether oxygens (including phenoxy) is 3. The molecule has 0 N–H and O–H groups in total. The maximum Gasteiger partial charge on any atom is 0.444 e. The fraction of sp³-hybridized carbons (Fsp3) is 0.440. The fourth-order valence-corrected chi connectivity index (χ4v) is 4.69. The van der Waals surface area contributed by atoms with Crippen molar-refractivity contribution in [2.45, 2.75) is 37.9 Å². The molecule has 10 nitrogen and oxygen atoms in total. The summed E-state index contributed by atoms with van der Waals surface area (Å²) < 4.78 is 99.5. The highest BCUT2D eigenvalue weighted by Crippen LogP contribution is 2.43. The van der Waals surface area contributed by atoms with E-state index in [1.807, 2.05) is 6.07 Å². The molecule has 1 heterocycles. The Balaban J connectivity index is 2.03. The second-order valence-corrected chi connectivity index (χ2v) is 11.2. The van der Waals surface area contributed by atoms with E-state index in [9.17, 15) is 40.8 Å². The minimum Gasteiger partial charge on any atom is -0.465 e. The van der Waals surface area contributed by atoms with Gasteiger partial charge in [0.15, 0.2) is 0 Å². The average Bonchev–Trinajstić information content (AvgIpc) is 3.40. The third-order valence-electron chi connectivity index (χ3n) is 5.24. The number of nitriles is 1. The molecule has 0 unspecified atom stereocenters. The Morgan fingerprint density at radius 1 is 1.07 bits per heavy atom. The van der Waals surface area contributed by atoms with E-state index in [0.717, 1.165) is 13.2 Å². The Morgan fingerprint density at radius 2 is 1.73 bits per heavy atom. The van der Waals surface area contributed by atoms with Gasteiger partial charge in [0.2, 0.25) is 0 Å². The highest BCUT2D eigenvalue weighted by Gasteiger charge is 2.67. The number of carbonyl (C=O) groups excluding carboxylic acids is 2. The molecule has 1 aromatic rings. The number of hydrogen-bond donors (Lipinski definition) is 0. The molecule has 0 aromatic heterocycles. The zero-order valence-electron chi connectivity index (χ0n) is 22.1. The Hall–Kier alpha value is -3.42. The molecule has 1 aromatic carbocycles. The highest BCUT2D eigenvalue weighted by atomic mass is 32.2. The molecule has 0 radical (unpaired) electrons. The molecular weight excluding hydrogens is 596 g/mol. The van der Waals surface area contributed by atoms with Crippen molar-refractivity contribution >= 4 is 44.4 Å². The predicted octanol–water partition coefficient (Wildman–Crippen LogP) is 4.89. The standard InChI is InChI=1S/C25H26F4N2O8S2/c1-16(2)22(32)38-14-13-37-12-6-11-24(26,27)25(28,29)41(34,35)39-31-21-10-9-20(40-21)19(15-30)17-7-4-5-8-18(17)23(33)36-3/h4-5,7-10,16H,6,11-14H2,1-3H3/b20-19-,31-21?. The Morgan fingerprint density at radius 3 is 2.34 bits per heavy atom. The van der Waals surface area contributed by atoms with E-state index in [0.29, 0.717) is 11.8 Å². The van der Waals surface area contributed by atoms with Gasteiger partial charge in [-0.2, -0.15) is 31.2 Å². The van der Waals surface area contributed by atoms with E-state index in [2.05, 4.69) is 9.44 Å². The lowest BCUT2D eigenvalue weighted by Crippen LogP contribution is -2.47. The summed E-state index contributed by atoms with van der Waals surface area (Å²) in [6.07, 6.45) is 0.196. The molecule has 1 aliphatic rings. The van der Waals surface area contributed by atoms with Crippen LogP contribution in [-0.2, 0) is 33.4 Å². The van der Waals surface area contributed by atoms with Crippen molar-refractivity contribution in [3.05, 3.63) is 52.4 Å². The van der Waals surface area contributed by atoms with Crippen molar-refractivity contribution in [1.82, 2.24) is 0 Å². The third kappa shape index (κ3) is 8.54. The third-order valence-corrected chi connectivity index (χ3v) is 7.42. The van der Waals surface area contributed by atoms with Gasteiger partial charge in [0.25, 0.3) is 0 Å². The van der Waals surface area contributed by atoms with E-state index >= 15 is 0 Å². The quantitative estimate of drug-likeness (QED) is 0.0925. The summed E-state index contributed by atoms with van der Waals surface area (Å²) in [5.41, 5.74) is 0.187. The number of esters is 2. The van der Waals surface area contributed by atoms with Gasteiger partial charge in [0.1, 0.15) is 17.7 Å². The molecule has 41 heavy (non-hydrogen) atoms.